The van der Waals surface area contributed by atoms with Crippen LogP contribution in [0.15, 0.2) is 40.9 Å². The van der Waals surface area contributed by atoms with Crippen LogP contribution in [-0.2, 0) is 6.54 Å². The topological polar surface area (TPSA) is 59.6 Å². The van der Waals surface area contributed by atoms with Crippen LogP contribution in [0.1, 0.15) is 11.1 Å². The molecule has 0 aliphatic carbocycles. The van der Waals surface area contributed by atoms with Gasteiger partial charge in [0.25, 0.3) is 0 Å². The number of amides is 2. The molecule has 0 aromatic heterocycles. The largest absolute Gasteiger partial charge is 0.493 e. The van der Waals surface area contributed by atoms with Gasteiger partial charge in [0, 0.05) is 23.2 Å². The third-order valence-corrected chi connectivity index (χ3v) is 3.95. The molecule has 0 aliphatic heterocycles. The van der Waals surface area contributed by atoms with Gasteiger partial charge in [0.2, 0.25) is 0 Å². The summed E-state index contributed by atoms with van der Waals surface area (Å²) in [5.74, 6) is 1.13. The Balaban J connectivity index is 2.01. The molecule has 0 bridgehead atoms. The van der Waals surface area contributed by atoms with Gasteiger partial charge < -0.3 is 20.1 Å². The first kappa shape index (κ1) is 17.1. The lowest BCUT2D eigenvalue weighted by atomic mass is 10.1. The standard InChI is InChI=1S/C17H19BrN2O3/c1-11-4-6-12(7-5-11)10-19-17(21)20-14-9-16(23-3)15(22-2)8-13(14)18/h4-9H,10H2,1-3H3,(H2,19,20,21). The zero-order valence-electron chi connectivity index (χ0n) is 13.3. The Morgan fingerprint density at radius 2 is 1.70 bits per heavy atom. The first-order valence-corrected chi connectivity index (χ1v) is 7.84. The molecule has 2 aromatic rings. The van der Waals surface area contributed by atoms with Gasteiger partial charge in [-0.3, -0.25) is 0 Å². The summed E-state index contributed by atoms with van der Waals surface area (Å²) in [7, 11) is 3.11. The highest BCUT2D eigenvalue weighted by Gasteiger charge is 2.11. The molecule has 23 heavy (non-hydrogen) atoms. The maximum atomic E-state index is 12.0. The highest BCUT2D eigenvalue weighted by molar-refractivity contribution is 9.10. The van der Waals surface area contributed by atoms with Crippen LogP contribution < -0.4 is 20.1 Å². The number of halogens is 1. The molecule has 0 spiro atoms. The van der Waals surface area contributed by atoms with Crippen molar-refractivity contribution in [2.75, 3.05) is 19.5 Å². The van der Waals surface area contributed by atoms with Gasteiger partial charge in [-0.1, -0.05) is 29.8 Å². The van der Waals surface area contributed by atoms with Crippen LogP contribution in [0.2, 0.25) is 0 Å². The number of nitrogens with one attached hydrogen (secondary N) is 2. The smallest absolute Gasteiger partial charge is 0.319 e. The summed E-state index contributed by atoms with van der Waals surface area (Å²) in [5, 5.41) is 5.60. The van der Waals surface area contributed by atoms with Gasteiger partial charge in [-0.2, -0.15) is 0 Å². The van der Waals surface area contributed by atoms with Crippen molar-refractivity contribution in [2.45, 2.75) is 13.5 Å². The number of urea groups is 1. The number of carbonyl (C=O) groups excluding carboxylic acids is 1. The zero-order chi connectivity index (χ0) is 16.8. The molecule has 122 valence electrons. The Morgan fingerprint density at radius 1 is 1.09 bits per heavy atom. The molecule has 0 radical (unpaired) electrons. The van der Waals surface area contributed by atoms with E-state index in [4.69, 9.17) is 9.47 Å². The molecule has 0 unspecified atom stereocenters. The number of anilines is 1. The van der Waals surface area contributed by atoms with E-state index >= 15 is 0 Å². The van der Waals surface area contributed by atoms with Crippen LogP contribution in [0.3, 0.4) is 0 Å². The van der Waals surface area contributed by atoms with Crippen molar-refractivity contribution in [1.29, 1.82) is 0 Å². The van der Waals surface area contributed by atoms with E-state index in [1.165, 1.54) is 5.56 Å². The van der Waals surface area contributed by atoms with Crippen LogP contribution >= 0.6 is 15.9 Å². The predicted molar refractivity (Wildman–Crippen MR) is 94.3 cm³/mol. The number of benzene rings is 2. The van der Waals surface area contributed by atoms with E-state index in [9.17, 15) is 4.79 Å². The highest BCUT2D eigenvalue weighted by Crippen LogP contribution is 2.36. The fourth-order valence-corrected chi connectivity index (χ4v) is 2.43. The van der Waals surface area contributed by atoms with Crippen LogP contribution in [0.4, 0.5) is 10.5 Å². The van der Waals surface area contributed by atoms with E-state index in [0.29, 0.717) is 28.2 Å². The quantitative estimate of drug-likeness (QED) is 0.823. The number of carbonyl (C=O) groups is 1. The van der Waals surface area contributed by atoms with Crippen LogP contribution in [-0.4, -0.2) is 20.3 Å². The second kappa shape index (κ2) is 7.87. The molecule has 0 aliphatic rings. The van der Waals surface area contributed by atoms with Crippen molar-refractivity contribution in [3.63, 3.8) is 0 Å². The van der Waals surface area contributed by atoms with Crippen molar-refractivity contribution in [2.24, 2.45) is 0 Å². The minimum Gasteiger partial charge on any atom is -0.493 e. The average molecular weight is 379 g/mol. The third kappa shape index (κ3) is 4.63. The lowest BCUT2D eigenvalue weighted by molar-refractivity contribution is 0.251. The normalized spacial score (nSPS) is 10.1. The molecule has 2 amide bonds. The Morgan fingerprint density at radius 3 is 2.30 bits per heavy atom. The number of hydrogen-bond acceptors (Lipinski definition) is 3. The minimum atomic E-state index is -0.293. The van der Waals surface area contributed by atoms with Crippen LogP contribution in [0, 0.1) is 6.92 Å². The first-order valence-electron chi connectivity index (χ1n) is 7.05. The maximum Gasteiger partial charge on any atom is 0.319 e. The molecule has 6 heteroatoms. The summed E-state index contributed by atoms with van der Waals surface area (Å²) in [6.45, 7) is 2.48. The number of rotatable bonds is 5. The number of aryl methyl sites for hydroxylation is 1. The van der Waals surface area contributed by atoms with Gasteiger partial charge in [-0.05, 0) is 28.4 Å². The SMILES string of the molecule is COc1cc(Br)c(NC(=O)NCc2ccc(C)cc2)cc1OC. The lowest BCUT2D eigenvalue weighted by Crippen LogP contribution is -2.28. The number of ether oxygens (including phenoxy) is 2. The Kier molecular flexibility index (Phi) is 5.87. The van der Waals surface area contributed by atoms with Gasteiger partial charge >= 0.3 is 6.03 Å². The molecule has 0 heterocycles. The first-order chi connectivity index (χ1) is 11.0. The van der Waals surface area contributed by atoms with Crippen molar-refractivity contribution in [3.8, 4) is 11.5 Å². The lowest BCUT2D eigenvalue weighted by Gasteiger charge is -2.13. The van der Waals surface area contributed by atoms with Crippen molar-refractivity contribution in [3.05, 3.63) is 52.0 Å². The van der Waals surface area contributed by atoms with Crippen LogP contribution in [0.25, 0.3) is 0 Å². The molecular weight excluding hydrogens is 360 g/mol. The van der Waals surface area contributed by atoms with Crippen molar-refractivity contribution in [1.82, 2.24) is 5.32 Å². The van der Waals surface area contributed by atoms with E-state index in [-0.39, 0.29) is 6.03 Å². The molecule has 2 N–H and O–H groups in total. The van der Waals surface area contributed by atoms with Crippen LogP contribution in [0.5, 0.6) is 11.5 Å². The molecule has 0 saturated carbocycles. The van der Waals surface area contributed by atoms with Gasteiger partial charge in [0.15, 0.2) is 11.5 Å². The molecule has 0 atom stereocenters. The van der Waals surface area contributed by atoms with E-state index < -0.39 is 0 Å². The number of hydrogen-bond donors (Lipinski definition) is 2. The highest BCUT2D eigenvalue weighted by atomic mass is 79.9. The minimum absolute atomic E-state index is 0.293. The molecule has 5 nitrogen and oxygen atoms in total. The Hall–Kier alpha value is -2.21. The molecular formula is C17H19BrN2O3. The fraction of sp³-hybridized carbons (Fsp3) is 0.235. The van der Waals surface area contributed by atoms with Crippen molar-refractivity contribution < 1.29 is 14.3 Å². The van der Waals surface area contributed by atoms with E-state index in [0.717, 1.165) is 5.56 Å². The third-order valence-electron chi connectivity index (χ3n) is 3.30. The maximum absolute atomic E-state index is 12.0. The summed E-state index contributed by atoms with van der Waals surface area (Å²) >= 11 is 3.41. The van der Waals surface area contributed by atoms with Gasteiger partial charge in [-0.15, -0.1) is 0 Å². The average Bonchev–Trinajstić information content (AvgIpc) is 2.55. The summed E-state index contributed by atoms with van der Waals surface area (Å²) in [4.78, 5) is 12.0. The second-order valence-corrected chi connectivity index (χ2v) is 5.83. The molecule has 2 aromatic carbocycles. The molecule has 2 rings (SSSR count). The van der Waals surface area contributed by atoms with E-state index in [2.05, 4.69) is 26.6 Å². The summed E-state index contributed by atoms with van der Waals surface area (Å²) in [5.41, 5.74) is 2.83. The predicted octanol–water partition coefficient (Wildman–Crippen LogP) is 4.10. The molecule has 0 fully saturated rings. The monoisotopic (exact) mass is 378 g/mol. The van der Waals surface area contributed by atoms with E-state index in [1.54, 1.807) is 26.4 Å². The summed E-state index contributed by atoms with van der Waals surface area (Å²) in [6, 6.07) is 11.2. The second-order valence-electron chi connectivity index (χ2n) is 4.98. The van der Waals surface area contributed by atoms with Gasteiger partial charge in [-0.25, -0.2) is 4.79 Å². The molecule has 0 saturated heterocycles. The number of methoxy groups -OCH3 is 2. The Labute approximate surface area is 144 Å². The summed E-state index contributed by atoms with van der Waals surface area (Å²) in [6.07, 6.45) is 0. The van der Waals surface area contributed by atoms with E-state index in [1.807, 2.05) is 31.2 Å². The van der Waals surface area contributed by atoms with Gasteiger partial charge in [0.1, 0.15) is 0 Å². The van der Waals surface area contributed by atoms with Gasteiger partial charge in [0.05, 0.1) is 19.9 Å². The van der Waals surface area contributed by atoms with Crippen molar-refractivity contribution >= 4 is 27.6 Å². The zero-order valence-corrected chi connectivity index (χ0v) is 14.9. The fourth-order valence-electron chi connectivity index (χ4n) is 2.00. The summed E-state index contributed by atoms with van der Waals surface area (Å²) < 4.78 is 11.2. The Bertz CT molecular complexity index is 687.